The minimum atomic E-state index is 0.815. The molecule has 19 heavy (non-hydrogen) atoms. The zero-order valence-corrected chi connectivity index (χ0v) is 12.8. The standard InChI is InChI=1S/C14H18BrN3O/c1-18-12(6-8-17-18)5-7-16-10-11-9-13(19-2)3-4-14(11)15/h3-4,6,8-9,16H,5,7,10H2,1-2H3. The summed E-state index contributed by atoms with van der Waals surface area (Å²) in [5, 5.41) is 7.59. The van der Waals surface area contributed by atoms with Crippen molar-refractivity contribution in [1.82, 2.24) is 15.1 Å². The Balaban J connectivity index is 1.84. The van der Waals surface area contributed by atoms with Crippen LogP contribution in [0, 0.1) is 0 Å². The smallest absolute Gasteiger partial charge is 0.119 e. The fourth-order valence-corrected chi connectivity index (χ4v) is 2.29. The number of benzene rings is 1. The molecule has 1 aromatic carbocycles. The molecule has 0 aliphatic heterocycles. The van der Waals surface area contributed by atoms with E-state index < -0.39 is 0 Å². The van der Waals surface area contributed by atoms with Crippen LogP contribution in [0.4, 0.5) is 0 Å². The lowest BCUT2D eigenvalue weighted by Gasteiger charge is -2.09. The highest BCUT2D eigenvalue weighted by atomic mass is 79.9. The van der Waals surface area contributed by atoms with Crippen LogP contribution in [-0.4, -0.2) is 23.4 Å². The molecule has 2 aromatic rings. The van der Waals surface area contributed by atoms with E-state index in [2.05, 4.69) is 26.3 Å². The topological polar surface area (TPSA) is 39.1 Å². The third kappa shape index (κ3) is 3.81. The molecular weight excluding hydrogens is 306 g/mol. The molecule has 0 atom stereocenters. The summed E-state index contributed by atoms with van der Waals surface area (Å²) >= 11 is 3.55. The van der Waals surface area contributed by atoms with Gasteiger partial charge in [-0.25, -0.2) is 0 Å². The Morgan fingerprint density at radius 2 is 2.21 bits per heavy atom. The zero-order valence-electron chi connectivity index (χ0n) is 11.2. The lowest BCUT2D eigenvalue weighted by molar-refractivity contribution is 0.414. The van der Waals surface area contributed by atoms with E-state index in [0.29, 0.717) is 0 Å². The first-order valence-electron chi connectivity index (χ1n) is 6.20. The number of ether oxygens (including phenoxy) is 1. The molecule has 2 rings (SSSR count). The van der Waals surface area contributed by atoms with Crippen LogP contribution in [0.1, 0.15) is 11.3 Å². The first-order chi connectivity index (χ1) is 9.20. The van der Waals surface area contributed by atoms with Gasteiger partial charge in [0.2, 0.25) is 0 Å². The van der Waals surface area contributed by atoms with E-state index in [0.717, 1.165) is 29.7 Å². The van der Waals surface area contributed by atoms with Crippen molar-refractivity contribution in [3.63, 3.8) is 0 Å². The number of nitrogens with one attached hydrogen (secondary N) is 1. The van der Waals surface area contributed by atoms with Crippen LogP contribution in [0.3, 0.4) is 0 Å². The van der Waals surface area contributed by atoms with E-state index in [1.54, 1.807) is 7.11 Å². The lowest BCUT2D eigenvalue weighted by atomic mass is 10.2. The fraction of sp³-hybridized carbons (Fsp3) is 0.357. The Labute approximate surface area is 121 Å². The van der Waals surface area contributed by atoms with Crippen molar-refractivity contribution in [3.8, 4) is 5.75 Å². The molecule has 0 aliphatic carbocycles. The number of methoxy groups -OCH3 is 1. The third-order valence-electron chi connectivity index (χ3n) is 3.05. The molecule has 0 aliphatic rings. The summed E-state index contributed by atoms with van der Waals surface area (Å²) in [7, 11) is 3.65. The van der Waals surface area contributed by atoms with Crippen molar-refractivity contribution < 1.29 is 4.74 Å². The molecule has 0 saturated carbocycles. The summed E-state index contributed by atoms with van der Waals surface area (Å²) in [6.45, 7) is 1.73. The molecule has 0 radical (unpaired) electrons. The summed E-state index contributed by atoms with van der Waals surface area (Å²) in [6, 6.07) is 8.05. The molecular formula is C14H18BrN3O. The average molecular weight is 324 g/mol. The first kappa shape index (κ1) is 14.1. The van der Waals surface area contributed by atoms with Gasteiger partial charge >= 0.3 is 0 Å². The lowest BCUT2D eigenvalue weighted by Crippen LogP contribution is -2.18. The normalized spacial score (nSPS) is 10.7. The maximum Gasteiger partial charge on any atom is 0.119 e. The molecule has 5 heteroatoms. The highest BCUT2D eigenvalue weighted by molar-refractivity contribution is 9.10. The van der Waals surface area contributed by atoms with Gasteiger partial charge < -0.3 is 10.1 Å². The molecule has 0 amide bonds. The third-order valence-corrected chi connectivity index (χ3v) is 3.82. The Kier molecular flexibility index (Phi) is 4.99. The molecule has 1 N–H and O–H groups in total. The van der Waals surface area contributed by atoms with Crippen molar-refractivity contribution in [2.75, 3.05) is 13.7 Å². The monoisotopic (exact) mass is 323 g/mol. The summed E-state index contributed by atoms with van der Waals surface area (Å²) < 4.78 is 8.23. The maximum absolute atomic E-state index is 5.23. The molecule has 0 bridgehead atoms. The Morgan fingerprint density at radius 1 is 1.37 bits per heavy atom. The highest BCUT2D eigenvalue weighted by Crippen LogP contribution is 2.22. The zero-order chi connectivity index (χ0) is 13.7. The molecule has 1 aromatic heterocycles. The van der Waals surface area contributed by atoms with Gasteiger partial charge in [-0.3, -0.25) is 4.68 Å². The van der Waals surface area contributed by atoms with Crippen molar-refractivity contribution in [1.29, 1.82) is 0 Å². The van der Waals surface area contributed by atoms with Gasteiger partial charge in [-0.2, -0.15) is 5.10 Å². The molecule has 102 valence electrons. The summed E-state index contributed by atoms with van der Waals surface area (Å²) in [5.41, 5.74) is 2.43. The number of nitrogens with zero attached hydrogens (tertiary/aromatic N) is 2. The number of rotatable bonds is 6. The number of aryl methyl sites for hydroxylation is 1. The van der Waals surface area contributed by atoms with Crippen LogP contribution in [-0.2, 0) is 20.0 Å². The SMILES string of the molecule is COc1ccc(Br)c(CNCCc2ccnn2C)c1. The molecule has 0 fully saturated rings. The molecule has 4 nitrogen and oxygen atoms in total. The van der Waals surface area contributed by atoms with Crippen LogP contribution in [0.5, 0.6) is 5.75 Å². The van der Waals surface area contributed by atoms with Crippen LogP contribution in [0.15, 0.2) is 34.9 Å². The molecule has 0 unspecified atom stereocenters. The predicted molar refractivity (Wildman–Crippen MR) is 79.3 cm³/mol. The maximum atomic E-state index is 5.23. The largest absolute Gasteiger partial charge is 0.497 e. The van der Waals surface area contributed by atoms with Gasteiger partial charge in [0.25, 0.3) is 0 Å². The van der Waals surface area contributed by atoms with E-state index in [4.69, 9.17) is 4.74 Å². The van der Waals surface area contributed by atoms with E-state index in [1.165, 1.54) is 11.3 Å². The second-order valence-corrected chi connectivity index (χ2v) is 5.18. The predicted octanol–water partition coefficient (Wildman–Crippen LogP) is 2.52. The van der Waals surface area contributed by atoms with Gasteiger partial charge in [-0.1, -0.05) is 15.9 Å². The molecule has 0 spiro atoms. The van der Waals surface area contributed by atoms with Crippen molar-refractivity contribution >= 4 is 15.9 Å². The molecule has 1 heterocycles. The Hall–Kier alpha value is -1.33. The summed E-state index contributed by atoms with van der Waals surface area (Å²) in [6.07, 6.45) is 2.80. The van der Waals surface area contributed by atoms with E-state index >= 15 is 0 Å². The van der Waals surface area contributed by atoms with Crippen molar-refractivity contribution in [2.45, 2.75) is 13.0 Å². The van der Waals surface area contributed by atoms with Crippen molar-refractivity contribution in [3.05, 3.63) is 46.2 Å². The van der Waals surface area contributed by atoms with Crippen LogP contribution in [0.2, 0.25) is 0 Å². The van der Waals surface area contributed by atoms with Gasteiger partial charge in [0.05, 0.1) is 7.11 Å². The fourth-order valence-electron chi connectivity index (χ4n) is 1.90. The van der Waals surface area contributed by atoms with E-state index in [9.17, 15) is 0 Å². The first-order valence-corrected chi connectivity index (χ1v) is 7.00. The van der Waals surface area contributed by atoms with Crippen LogP contribution in [0.25, 0.3) is 0 Å². The highest BCUT2D eigenvalue weighted by Gasteiger charge is 2.02. The molecule has 0 saturated heterocycles. The number of hydrogen-bond acceptors (Lipinski definition) is 3. The van der Waals surface area contributed by atoms with Crippen molar-refractivity contribution in [2.24, 2.45) is 7.05 Å². The second-order valence-electron chi connectivity index (χ2n) is 4.33. The minimum Gasteiger partial charge on any atom is -0.497 e. The quantitative estimate of drug-likeness (QED) is 0.830. The Morgan fingerprint density at radius 3 is 2.89 bits per heavy atom. The number of halogens is 1. The average Bonchev–Trinajstić information content (AvgIpc) is 2.82. The van der Waals surface area contributed by atoms with Gasteiger partial charge in [-0.15, -0.1) is 0 Å². The van der Waals surface area contributed by atoms with Gasteiger partial charge in [0.1, 0.15) is 5.75 Å². The van der Waals surface area contributed by atoms with Gasteiger partial charge in [0, 0.05) is 42.9 Å². The minimum absolute atomic E-state index is 0.815. The van der Waals surface area contributed by atoms with Crippen LogP contribution >= 0.6 is 15.9 Å². The second kappa shape index (κ2) is 6.73. The summed E-state index contributed by atoms with van der Waals surface area (Å²) in [5.74, 6) is 0.881. The Bertz CT molecular complexity index is 539. The van der Waals surface area contributed by atoms with Gasteiger partial charge in [-0.05, 0) is 29.8 Å². The number of hydrogen-bond donors (Lipinski definition) is 1. The van der Waals surface area contributed by atoms with Crippen LogP contribution < -0.4 is 10.1 Å². The van der Waals surface area contributed by atoms with E-state index in [1.807, 2.05) is 42.2 Å². The summed E-state index contributed by atoms with van der Waals surface area (Å²) in [4.78, 5) is 0. The van der Waals surface area contributed by atoms with E-state index in [-0.39, 0.29) is 0 Å². The number of aromatic nitrogens is 2. The van der Waals surface area contributed by atoms with Gasteiger partial charge in [0.15, 0.2) is 0 Å².